The van der Waals surface area contributed by atoms with Crippen molar-refractivity contribution >= 4 is 5.82 Å². The molecule has 0 saturated carbocycles. The fraction of sp³-hybridized carbons (Fsp3) is 0.692. The Morgan fingerprint density at radius 1 is 1.17 bits per heavy atom. The monoisotopic (exact) mass is 251 g/mol. The van der Waals surface area contributed by atoms with Crippen molar-refractivity contribution < 1.29 is 9.47 Å². The Labute approximate surface area is 108 Å². The van der Waals surface area contributed by atoms with Crippen LogP contribution in [0.3, 0.4) is 0 Å². The minimum Gasteiger partial charge on any atom is -0.365 e. The zero-order chi connectivity index (χ0) is 12.8. The highest BCUT2D eigenvalue weighted by molar-refractivity contribution is 5.46. The molecule has 0 atom stereocenters. The Morgan fingerprint density at radius 2 is 1.94 bits per heavy atom. The maximum atomic E-state index is 5.16. The molecule has 0 bridgehead atoms. The number of aryl methyl sites for hydroxylation is 1. The second-order valence-corrected chi connectivity index (χ2v) is 4.49. The average Bonchev–Trinajstić information content (AvgIpc) is 2.65. The van der Waals surface area contributed by atoms with Crippen LogP contribution in [0, 0.1) is 0 Å². The molecule has 2 rings (SSSR count). The Hall–Kier alpha value is -1.20. The Bertz CT molecular complexity index is 380. The Kier molecular flexibility index (Phi) is 4.90. The van der Waals surface area contributed by atoms with Crippen molar-refractivity contribution in [2.24, 2.45) is 0 Å². The lowest BCUT2D eigenvalue weighted by molar-refractivity contribution is -0.0914. The van der Waals surface area contributed by atoms with Crippen LogP contribution < -0.4 is 5.32 Å². The highest BCUT2D eigenvalue weighted by Gasteiger charge is 2.15. The topological polar surface area (TPSA) is 56.3 Å². The lowest BCUT2D eigenvalue weighted by Gasteiger charge is -2.16. The number of fused-ring (bicyclic) bond motifs is 1. The number of rotatable bonds is 5. The minimum atomic E-state index is -0.249. The standard InChI is InChI=1S/C13H21N3O2/c1-17-12(18-2)8-14-13-10-6-4-3-5-7-11(10)15-9-16-13/h9,12H,3-8H2,1-2H3,(H,14,15,16). The van der Waals surface area contributed by atoms with Gasteiger partial charge in [0.15, 0.2) is 6.29 Å². The van der Waals surface area contributed by atoms with E-state index >= 15 is 0 Å². The molecule has 1 N–H and O–H groups in total. The molecule has 18 heavy (non-hydrogen) atoms. The van der Waals surface area contributed by atoms with Gasteiger partial charge in [-0.15, -0.1) is 0 Å². The summed E-state index contributed by atoms with van der Waals surface area (Å²) < 4.78 is 10.3. The summed E-state index contributed by atoms with van der Waals surface area (Å²) in [5.74, 6) is 0.931. The average molecular weight is 251 g/mol. The maximum absolute atomic E-state index is 5.16. The van der Waals surface area contributed by atoms with Crippen LogP contribution in [0.5, 0.6) is 0 Å². The lowest BCUT2D eigenvalue weighted by Crippen LogP contribution is -2.24. The molecule has 0 spiro atoms. The summed E-state index contributed by atoms with van der Waals surface area (Å²) in [6.45, 7) is 0.594. The first-order chi connectivity index (χ1) is 8.85. The fourth-order valence-electron chi connectivity index (χ4n) is 2.29. The third-order valence-corrected chi connectivity index (χ3v) is 3.34. The van der Waals surface area contributed by atoms with E-state index in [-0.39, 0.29) is 6.29 Å². The molecule has 0 unspecified atom stereocenters. The van der Waals surface area contributed by atoms with E-state index in [1.165, 1.54) is 30.5 Å². The summed E-state index contributed by atoms with van der Waals surface area (Å²) in [6, 6.07) is 0. The van der Waals surface area contributed by atoms with Gasteiger partial charge in [0.1, 0.15) is 12.1 Å². The summed E-state index contributed by atoms with van der Waals surface area (Å²) in [6.07, 6.45) is 7.22. The van der Waals surface area contributed by atoms with E-state index in [2.05, 4.69) is 15.3 Å². The predicted molar refractivity (Wildman–Crippen MR) is 69.6 cm³/mol. The highest BCUT2D eigenvalue weighted by Crippen LogP contribution is 2.23. The zero-order valence-electron chi connectivity index (χ0n) is 11.1. The van der Waals surface area contributed by atoms with Gasteiger partial charge in [-0.25, -0.2) is 9.97 Å². The summed E-state index contributed by atoms with van der Waals surface area (Å²) in [5.41, 5.74) is 2.46. The van der Waals surface area contributed by atoms with Gasteiger partial charge in [0, 0.05) is 25.5 Å². The van der Waals surface area contributed by atoms with Crippen LogP contribution in [0.2, 0.25) is 0 Å². The lowest BCUT2D eigenvalue weighted by atomic mass is 10.1. The van der Waals surface area contributed by atoms with Crippen LogP contribution >= 0.6 is 0 Å². The number of hydrogen-bond acceptors (Lipinski definition) is 5. The van der Waals surface area contributed by atoms with Crippen LogP contribution in [-0.2, 0) is 22.3 Å². The molecule has 1 aliphatic rings. The third kappa shape index (κ3) is 3.17. The fourth-order valence-corrected chi connectivity index (χ4v) is 2.29. The summed E-state index contributed by atoms with van der Waals surface area (Å²) >= 11 is 0. The third-order valence-electron chi connectivity index (χ3n) is 3.34. The minimum absolute atomic E-state index is 0.249. The molecule has 0 radical (unpaired) electrons. The van der Waals surface area contributed by atoms with E-state index < -0.39 is 0 Å². The van der Waals surface area contributed by atoms with Crippen molar-refractivity contribution in [2.45, 2.75) is 38.4 Å². The largest absolute Gasteiger partial charge is 0.365 e. The number of methoxy groups -OCH3 is 2. The highest BCUT2D eigenvalue weighted by atomic mass is 16.7. The van der Waals surface area contributed by atoms with Crippen molar-refractivity contribution in [1.82, 2.24) is 9.97 Å². The van der Waals surface area contributed by atoms with Crippen molar-refractivity contribution in [3.63, 3.8) is 0 Å². The molecule has 0 aromatic carbocycles. The van der Waals surface area contributed by atoms with Crippen LogP contribution in [-0.4, -0.2) is 37.0 Å². The van der Waals surface area contributed by atoms with Crippen molar-refractivity contribution in [2.75, 3.05) is 26.1 Å². The van der Waals surface area contributed by atoms with E-state index in [0.29, 0.717) is 6.54 Å². The molecule has 0 saturated heterocycles. The molecule has 5 heteroatoms. The molecule has 1 aliphatic carbocycles. The summed E-state index contributed by atoms with van der Waals surface area (Å²) in [4.78, 5) is 8.73. The number of ether oxygens (including phenoxy) is 2. The van der Waals surface area contributed by atoms with Gasteiger partial charge in [-0.3, -0.25) is 0 Å². The van der Waals surface area contributed by atoms with E-state index in [1.807, 2.05) is 0 Å². The van der Waals surface area contributed by atoms with E-state index in [0.717, 1.165) is 18.7 Å². The number of anilines is 1. The molecule has 0 amide bonds. The van der Waals surface area contributed by atoms with Crippen LogP contribution in [0.15, 0.2) is 6.33 Å². The van der Waals surface area contributed by atoms with Gasteiger partial charge in [-0.2, -0.15) is 0 Å². The molecule has 1 aromatic rings. The first kappa shape index (κ1) is 13.2. The van der Waals surface area contributed by atoms with Gasteiger partial charge in [-0.05, 0) is 25.7 Å². The first-order valence-corrected chi connectivity index (χ1v) is 6.47. The molecular weight excluding hydrogens is 230 g/mol. The number of nitrogens with zero attached hydrogens (tertiary/aromatic N) is 2. The second-order valence-electron chi connectivity index (χ2n) is 4.49. The normalized spacial score (nSPS) is 15.3. The quantitative estimate of drug-likeness (QED) is 0.638. The second kappa shape index (κ2) is 6.66. The molecule has 1 aromatic heterocycles. The smallest absolute Gasteiger partial charge is 0.173 e. The van der Waals surface area contributed by atoms with Crippen LogP contribution in [0.25, 0.3) is 0 Å². The maximum Gasteiger partial charge on any atom is 0.173 e. The molecule has 5 nitrogen and oxygen atoms in total. The van der Waals surface area contributed by atoms with Gasteiger partial charge in [0.05, 0.1) is 6.54 Å². The molecule has 0 aliphatic heterocycles. The summed E-state index contributed by atoms with van der Waals surface area (Å²) in [5, 5.41) is 3.30. The van der Waals surface area contributed by atoms with E-state index in [9.17, 15) is 0 Å². The van der Waals surface area contributed by atoms with Gasteiger partial charge in [0.2, 0.25) is 0 Å². The van der Waals surface area contributed by atoms with Gasteiger partial charge < -0.3 is 14.8 Å². The molecule has 100 valence electrons. The van der Waals surface area contributed by atoms with Crippen LogP contribution in [0.1, 0.15) is 30.5 Å². The van der Waals surface area contributed by atoms with E-state index in [4.69, 9.17) is 9.47 Å². The Morgan fingerprint density at radius 3 is 2.72 bits per heavy atom. The van der Waals surface area contributed by atoms with Gasteiger partial charge in [0.25, 0.3) is 0 Å². The van der Waals surface area contributed by atoms with Crippen molar-refractivity contribution in [3.05, 3.63) is 17.6 Å². The number of hydrogen-bond donors (Lipinski definition) is 1. The van der Waals surface area contributed by atoms with Crippen molar-refractivity contribution in [3.8, 4) is 0 Å². The zero-order valence-corrected chi connectivity index (χ0v) is 11.1. The molecule has 0 fully saturated rings. The van der Waals surface area contributed by atoms with Gasteiger partial charge >= 0.3 is 0 Å². The number of aromatic nitrogens is 2. The summed E-state index contributed by atoms with van der Waals surface area (Å²) in [7, 11) is 3.27. The molecular formula is C13H21N3O2. The number of nitrogens with one attached hydrogen (secondary N) is 1. The van der Waals surface area contributed by atoms with Crippen LogP contribution in [0.4, 0.5) is 5.82 Å². The predicted octanol–water partition coefficient (Wildman–Crippen LogP) is 1.78. The van der Waals surface area contributed by atoms with E-state index in [1.54, 1.807) is 20.5 Å². The van der Waals surface area contributed by atoms with Crippen molar-refractivity contribution in [1.29, 1.82) is 0 Å². The Balaban J connectivity index is 2.08. The molecule has 1 heterocycles. The first-order valence-electron chi connectivity index (χ1n) is 6.47. The SMILES string of the molecule is COC(CNc1ncnc2c1CCCCC2)OC. The van der Waals surface area contributed by atoms with Gasteiger partial charge in [-0.1, -0.05) is 6.42 Å².